The predicted molar refractivity (Wildman–Crippen MR) is 107 cm³/mol. The molecule has 3 amide bonds. The lowest BCUT2D eigenvalue weighted by atomic mass is 9.63. The standard InChI is InChI=1S/C23H24N2O5/c1-2-30-23(29)12-3-5-13(6-4-12)24-18(26)9-10-25-21(27)19-14-7-8-15(17-11-16(14)17)20(19)22(25)28/h3-8,14-17,19-20H,2,9-11H2,1H3,(H,24,26)/t14-,15+,16-,17-,19+,20-/m1/s1. The number of benzene rings is 1. The minimum absolute atomic E-state index is 0.0478. The second kappa shape index (κ2) is 7.07. The van der Waals surface area contributed by atoms with Crippen LogP contribution in [0.5, 0.6) is 0 Å². The number of nitrogens with zero attached hydrogens (tertiary/aromatic N) is 1. The number of anilines is 1. The Bertz CT molecular complexity index is 917. The molecule has 1 aliphatic heterocycles. The van der Waals surface area contributed by atoms with Crippen LogP contribution in [-0.4, -0.2) is 41.7 Å². The van der Waals surface area contributed by atoms with Gasteiger partial charge in [-0.05, 0) is 61.3 Å². The van der Waals surface area contributed by atoms with Crippen molar-refractivity contribution in [1.82, 2.24) is 4.90 Å². The lowest BCUT2D eigenvalue weighted by Gasteiger charge is -2.37. The Morgan fingerprint density at radius 3 is 2.20 bits per heavy atom. The van der Waals surface area contributed by atoms with E-state index in [1.54, 1.807) is 31.2 Å². The Balaban J connectivity index is 1.18. The highest BCUT2D eigenvalue weighted by Crippen LogP contribution is 2.65. The molecule has 156 valence electrons. The third-order valence-electron chi connectivity index (χ3n) is 7.00. The summed E-state index contributed by atoms with van der Waals surface area (Å²) in [6.07, 6.45) is 5.46. The normalized spacial score (nSPS) is 32.6. The number of ether oxygens (including phenoxy) is 1. The zero-order valence-electron chi connectivity index (χ0n) is 16.7. The fourth-order valence-corrected chi connectivity index (χ4v) is 5.58. The first kappa shape index (κ1) is 19.0. The van der Waals surface area contributed by atoms with Crippen molar-refractivity contribution in [3.63, 3.8) is 0 Å². The fraction of sp³-hybridized carbons (Fsp3) is 0.478. The summed E-state index contributed by atoms with van der Waals surface area (Å²) >= 11 is 0. The quantitative estimate of drug-likeness (QED) is 0.443. The number of imide groups is 1. The Labute approximate surface area is 174 Å². The van der Waals surface area contributed by atoms with Crippen molar-refractivity contribution in [1.29, 1.82) is 0 Å². The lowest BCUT2D eigenvalue weighted by Crippen LogP contribution is -2.40. The van der Waals surface area contributed by atoms with E-state index in [1.807, 2.05) is 0 Å². The van der Waals surface area contributed by atoms with Crippen LogP contribution < -0.4 is 5.32 Å². The second-order valence-electron chi connectivity index (χ2n) is 8.58. The smallest absolute Gasteiger partial charge is 0.338 e. The molecule has 6 rings (SSSR count). The number of nitrogens with one attached hydrogen (secondary N) is 1. The van der Waals surface area contributed by atoms with Crippen LogP contribution in [0.25, 0.3) is 0 Å². The van der Waals surface area contributed by atoms with Gasteiger partial charge < -0.3 is 10.1 Å². The van der Waals surface area contributed by atoms with E-state index in [0.717, 1.165) is 6.42 Å². The van der Waals surface area contributed by atoms with Crippen molar-refractivity contribution >= 4 is 29.4 Å². The molecule has 1 N–H and O–H groups in total. The molecule has 0 unspecified atom stereocenters. The highest BCUT2D eigenvalue weighted by atomic mass is 16.5. The van der Waals surface area contributed by atoms with Gasteiger partial charge in [-0.1, -0.05) is 12.2 Å². The highest BCUT2D eigenvalue weighted by molar-refractivity contribution is 6.06. The van der Waals surface area contributed by atoms with Crippen molar-refractivity contribution in [3.8, 4) is 0 Å². The Morgan fingerprint density at radius 2 is 1.63 bits per heavy atom. The van der Waals surface area contributed by atoms with Crippen LogP contribution in [0.15, 0.2) is 36.4 Å². The van der Waals surface area contributed by atoms with Crippen molar-refractivity contribution < 1.29 is 23.9 Å². The molecule has 0 aromatic heterocycles. The van der Waals surface area contributed by atoms with Crippen molar-refractivity contribution in [2.75, 3.05) is 18.5 Å². The van der Waals surface area contributed by atoms with Gasteiger partial charge in [0.05, 0.1) is 24.0 Å². The number of hydrogen-bond acceptors (Lipinski definition) is 5. The van der Waals surface area contributed by atoms with Crippen LogP contribution in [0.3, 0.4) is 0 Å². The summed E-state index contributed by atoms with van der Waals surface area (Å²) in [6.45, 7) is 2.14. The largest absolute Gasteiger partial charge is 0.462 e. The van der Waals surface area contributed by atoms with Gasteiger partial charge in [0.2, 0.25) is 17.7 Å². The maximum absolute atomic E-state index is 12.9. The summed E-state index contributed by atoms with van der Waals surface area (Å²) in [4.78, 5) is 51.2. The first-order chi connectivity index (χ1) is 14.5. The summed E-state index contributed by atoms with van der Waals surface area (Å²) in [6, 6.07) is 6.42. The molecule has 30 heavy (non-hydrogen) atoms. The van der Waals surface area contributed by atoms with Crippen LogP contribution >= 0.6 is 0 Å². The number of allylic oxidation sites excluding steroid dienone is 2. The van der Waals surface area contributed by atoms with Crippen molar-refractivity contribution in [2.45, 2.75) is 19.8 Å². The van der Waals surface area contributed by atoms with Crippen LogP contribution in [0.4, 0.5) is 5.69 Å². The molecule has 1 aromatic carbocycles. The lowest BCUT2D eigenvalue weighted by molar-refractivity contribution is -0.140. The maximum atomic E-state index is 12.9. The number of esters is 1. The molecule has 2 bridgehead atoms. The summed E-state index contributed by atoms with van der Waals surface area (Å²) in [5, 5.41) is 2.75. The number of hydrogen-bond donors (Lipinski definition) is 1. The summed E-state index contributed by atoms with van der Waals surface area (Å²) in [7, 11) is 0. The number of amides is 3. The van der Waals surface area contributed by atoms with Gasteiger partial charge in [0.1, 0.15) is 0 Å². The van der Waals surface area contributed by atoms with E-state index in [9.17, 15) is 19.2 Å². The van der Waals surface area contributed by atoms with E-state index in [1.165, 1.54) is 4.90 Å². The Morgan fingerprint density at radius 1 is 1.03 bits per heavy atom. The molecule has 4 aliphatic carbocycles. The Kier molecular flexibility index (Phi) is 4.49. The first-order valence-corrected chi connectivity index (χ1v) is 10.6. The minimum Gasteiger partial charge on any atom is -0.462 e. The van der Waals surface area contributed by atoms with E-state index >= 15 is 0 Å². The number of carbonyl (C=O) groups is 4. The zero-order chi connectivity index (χ0) is 21.0. The summed E-state index contributed by atoms with van der Waals surface area (Å²) in [5.74, 6) is 0.156. The third-order valence-corrected chi connectivity index (χ3v) is 7.00. The molecule has 2 saturated carbocycles. The zero-order valence-corrected chi connectivity index (χ0v) is 16.7. The molecule has 1 heterocycles. The van der Waals surface area contributed by atoms with Gasteiger partial charge in [0.15, 0.2) is 0 Å². The number of carbonyl (C=O) groups excluding carboxylic acids is 4. The molecular formula is C23H24N2O5. The average Bonchev–Trinajstić information content (AvgIpc) is 3.52. The summed E-state index contributed by atoms with van der Waals surface area (Å²) < 4.78 is 4.93. The van der Waals surface area contributed by atoms with Gasteiger partial charge >= 0.3 is 5.97 Å². The van der Waals surface area contributed by atoms with Gasteiger partial charge in [0, 0.05) is 18.7 Å². The van der Waals surface area contributed by atoms with Crippen molar-refractivity contribution in [2.24, 2.45) is 35.5 Å². The monoisotopic (exact) mass is 408 g/mol. The van der Waals surface area contributed by atoms with Gasteiger partial charge in [-0.2, -0.15) is 0 Å². The van der Waals surface area contributed by atoms with Crippen LogP contribution in [0, 0.1) is 35.5 Å². The van der Waals surface area contributed by atoms with Gasteiger partial charge in [-0.15, -0.1) is 0 Å². The highest BCUT2D eigenvalue weighted by Gasteiger charge is 2.66. The molecule has 0 spiro atoms. The minimum atomic E-state index is -0.413. The molecule has 1 aromatic rings. The predicted octanol–water partition coefficient (Wildman–Crippen LogP) is 2.25. The molecule has 7 nitrogen and oxygen atoms in total. The Hall–Kier alpha value is -2.96. The molecule has 5 aliphatic rings. The maximum Gasteiger partial charge on any atom is 0.338 e. The van der Waals surface area contributed by atoms with E-state index in [0.29, 0.717) is 29.7 Å². The van der Waals surface area contributed by atoms with Crippen molar-refractivity contribution in [3.05, 3.63) is 42.0 Å². The van der Waals surface area contributed by atoms with Gasteiger partial charge in [0.25, 0.3) is 0 Å². The second-order valence-corrected chi connectivity index (χ2v) is 8.58. The van der Waals surface area contributed by atoms with E-state index < -0.39 is 5.97 Å². The topological polar surface area (TPSA) is 92.8 Å². The van der Waals surface area contributed by atoms with Crippen LogP contribution in [-0.2, 0) is 19.1 Å². The molecule has 0 radical (unpaired) electrons. The molecular weight excluding hydrogens is 384 g/mol. The first-order valence-electron chi connectivity index (χ1n) is 10.6. The molecule has 3 fully saturated rings. The third kappa shape index (κ3) is 2.95. The fourth-order valence-electron chi connectivity index (χ4n) is 5.58. The van der Waals surface area contributed by atoms with E-state index in [2.05, 4.69) is 17.5 Å². The van der Waals surface area contributed by atoms with Gasteiger partial charge in [-0.25, -0.2) is 4.79 Å². The SMILES string of the molecule is CCOC(=O)c1ccc(NC(=O)CCN2C(=O)[C@@H]3[C@H]4C=C[C@H]([C@H]5C[C@H]45)[C@@H]3C2=O)cc1. The van der Waals surface area contributed by atoms with Crippen LogP contribution in [0.1, 0.15) is 30.1 Å². The average molecular weight is 408 g/mol. The number of likely N-dealkylation sites (tertiary alicyclic amines) is 1. The number of rotatable bonds is 6. The van der Waals surface area contributed by atoms with Gasteiger partial charge in [-0.3, -0.25) is 19.3 Å². The van der Waals surface area contributed by atoms with E-state index in [4.69, 9.17) is 4.74 Å². The van der Waals surface area contributed by atoms with Crippen LogP contribution in [0.2, 0.25) is 0 Å². The van der Waals surface area contributed by atoms with E-state index in [-0.39, 0.29) is 54.4 Å². The molecule has 7 heteroatoms. The molecule has 1 saturated heterocycles. The molecule has 6 atom stereocenters. The summed E-state index contributed by atoms with van der Waals surface area (Å²) in [5.41, 5.74) is 0.954.